The van der Waals surface area contributed by atoms with Gasteiger partial charge in [-0.15, -0.1) is 17.9 Å². The summed E-state index contributed by atoms with van der Waals surface area (Å²) in [6.45, 7) is 3.38. The normalized spacial score (nSPS) is 20.3. The molecule has 1 aromatic heterocycles. The Morgan fingerprint density at radius 2 is 2.32 bits per heavy atom. The van der Waals surface area contributed by atoms with Gasteiger partial charge in [-0.2, -0.15) is 8.42 Å². The predicted octanol–water partition coefficient (Wildman–Crippen LogP) is -4.12. The third-order valence-corrected chi connectivity index (χ3v) is 4.63. The molecule has 0 unspecified atom stereocenters. The number of hydrogen-bond donors (Lipinski definition) is 3. The van der Waals surface area contributed by atoms with E-state index in [-0.39, 0.29) is 51.8 Å². The SMILES string of the molecule is C=C[C@@H]1[C@H](NC(=O)C(=NOC)c2csc(N)n2)C(=O)N1S(=O)(=O)O.[H-].[Na+]. The van der Waals surface area contributed by atoms with E-state index in [1.165, 1.54) is 12.5 Å². The van der Waals surface area contributed by atoms with Crippen molar-refractivity contribution < 1.29 is 58.4 Å². The number of carbonyl (C=O) groups excluding carboxylic acids is 2. The molecule has 2 amide bonds. The molecule has 4 N–H and O–H groups in total. The van der Waals surface area contributed by atoms with Crippen LogP contribution >= 0.6 is 11.3 Å². The topological polar surface area (TPSA) is 164 Å². The molecular formula is C11H14N5NaO6S2. The van der Waals surface area contributed by atoms with Gasteiger partial charge in [-0.25, -0.2) is 9.29 Å². The van der Waals surface area contributed by atoms with Crippen LogP contribution in [0.4, 0.5) is 5.13 Å². The van der Waals surface area contributed by atoms with Crippen molar-refractivity contribution in [3.8, 4) is 0 Å². The van der Waals surface area contributed by atoms with Crippen molar-refractivity contribution in [1.82, 2.24) is 14.6 Å². The number of nitrogens with zero attached hydrogens (tertiary/aromatic N) is 3. The zero-order valence-electron chi connectivity index (χ0n) is 14.2. The van der Waals surface area contributed by atoms with E-state index in [9.17, 15) is 18.0 Å². The Morgan fingerprint density at radius 1 is 1.68 bits per heavy atom. The molecule has 14 heteroatoms. The van der Waals surface area contributed by atoms with E-state index >= 15 is 0 Å². The van der Waals surface area contributed by atoms with Crippen molar-refractivity contribution in [2.75, 3.05) is 12.8 Å². The number of anilines is 1. The summed E-state index contributed by atoms with van der Waals surface area (Å²) in [7, 11) is -3.53. The third-order valence-electron chi connectivity index (χ3n) is 3.03. The predicted molar refractivity (Wildman–Crippen MR) is 85.5 cm³/mol. The zero-order chi connectivity index (χ0) is 18.1. The molecule has 0 spiro atoms. The van der Waals surface area contributed by atoms with Gasteiger partial charge in [-0.1, -0.05) is 11.2 Å². The smallest absolute Gasteiger partial charge is 1.00 e. The Kier molecular flexibility index (Phi) is 7.10. The molecule has 0 saturated carbocycles. The van der Waals surface area contributed by atoms with E-state index in [4.69, 9.17) is 10.3 Å². The number of hydrogen-bond acceptors (Lipinski definition) is 9. The fourth-order valence-corrected chi connectivity index (χ4v) is 3.44. The van der Waals surface area contributed by atoms with Crippen LogP contribution in [-0.2, 0) is 24.7 Å². The van der Waals surface area contributed by atoms with Crippen molar-refractivity contribution in [3.63, 3.8) is 0 Å². The first-order valence-corrected chi connectivity index (χ1v) is 8.55. The van der Waals surface area contributed by atoms with Crippen molar-refractivity contribution in [3.05, 3.63) is 23.7 Å². The molecule has 1 fully saturated rings. The molecule has 1 aliphatic heterocycles. The fraction of sp³-hybridized carbons (Fsp3) is 0.273. The van der Waals surface area contributed by atoms with Crippen LogP contribution in [0.25, 0.3) is 0 Å². The molecule has 132 valence electrons. The van der Waals surface area contributed by atoms with Crippen molar-refractivity contribution in [1.29, 1.82) is 0 Å². The Bertz CT molecular complexity index is 829. The summed E-state index contributed by atoms with van der Waals surface area (Å²) in [5, 5.41) is 7.50. The average Bonchev–Trinajstić information content (AvgIpc) is 2.91. The molecule has 0 bridgehead atoms. The maximum Gasteiger partial charge on any atom is 1.00 e. The Labute approximate surface area is 170 Å². The number of nitrogens with one attached hydrogen (secondary N) is 1. The maximum atomic E-state index is 12.3. The maximum absolute atomic E-state index is 12.3. The zero-order valence-corrected chi connectivity index (χ0v) is 16.9. The monoisotopic (exact) mass is 399 g/mol. The van der Waals surface area contributed by atoms with E-state index in [0.717, 1.165) is 17.4 Å². The number of carbonyl (C=O) groups is 2. The number of nitrogens with two attached hydrogens (primary N) is 1. The first-order chi connectivity index (χ1) is 11.2. The first-order valence-electron chi connectivity index (χ1n) is 6.27. The van der Waals surface area contributed by atoms with Crippen LogP contribution in [0.15, 0.2) is 23.2 Å². The number of aromatic nitrogens is 1. The van der Waals surface area contributed by atoms with Gasteiger partial charge in [0, 0.05) is 5.38 Å². The molecule has 1 saturated heterocycles. The van der Waals surface area contributed by atoms with Gasteiger partial charge in [-0.05, 0) is 0 Å². The van der Waals surface area contributed by atoms with E-state index in [1.807, 2.05) is 0 Å². The number of amides is 2. The summed E-state index contributed by atoms with van der Waals surface area (Å²) in [4.78, 5) is 32.6. The summed E-state index contributed by atoms with van der Waals surface area (Å²) in [6.07, 6.45) is 1.11. The second-order valence-corrected chi connectivity index (χ2v) is 6.66. The second kappa shape index (κ2) is 8.25. The summed E-state index contributed by atoms with van der Waals surface area (Å²) in [5.74, 6) is -1.84. The molecule has 2 atom stereocenters. The van der Waals surface area contributed by atoms with Crippen molar-refractivity contribution in [2.24, 2.45) is 5.16 Å². The number of thiazole rings is 1. The first kappa shape index (κ1) is 21.5. The molecule has 2 heterocycles. The van der Waals surface area contributed by atoms with Gasteiger partial charge in [0.2, 0.25) is 0 Å². The van der Waals surface area contributed by atoms with E-state index in [2.05, 4.69) is 26.9 Å². The van der Waals surface area contributed by atoms with Crippen LogP contribution in [0, 0.1) is 0 Å². The molecule has 2 rings (SSSR count). The molecule has 25 heavy (non-hydrogen) atoms. The quantitative estimate of drug-likeness (QED) is 0.108. The van der Waals surface area contributed by atoms with E-state index in [0.29, 0.717) is 0 Å². The van der Waals surface area contributed by atoms with Crippen LogP contribution in [0.3, 0.4) is 0 Å². The van der Waals surface area contributed by atoms with Crippen LogP contribution < -0.4 is 40.6 Å². The molecular weight excluding hydrogens is 385 g/mol. The van der Waals surface area contributed by atoms with E-state index in [1.54, 1.807) is 0 Å². The molecule has 1 aliphatic rings. The van der Waals surface area contributed by atoms with Crippen LogP contribution in [0.5, 0.6) is 0 Å². The standard InChI is InChI=1S/C11H13N5O6S2.Na.H/c1-3-6-8(10(18)16(6)24(19,20)21)14-9(17)7(15-22-2)5-4-23-11(12)13-5;;/h3-4,6,8H,1H2,2H3,(H2,12,13)(H,14,17)(H,19,20,21);;/q;+1;-1/t6-,8+;;/m1../s1. The Balaban J connectivity index is 0.00000312. The molecule has 1 aromatic rings. The second-order valence-electron chi connectivity index (χ2n) is 4.48. The van der Waals surface area contributed by atoms with E-state index < -0.39 is 34.2 Å². The van der Waals surface area contributed by atoms with Gasteiger partial charge >= 0.3 is 39.9 Å². The van der Waals surface area contributed by atoms with Crippen LogP contribution in [0.2, 0.25) is 0 Å². The Morgan fingerprint density at radius 3 is 2.76 bits per heavy atom. The number of β-lactam (4-membered cyclic amide) rings is 1. The fourth-order valence-electron chi connectivity index (χ4n) is 2.03. The van der Waals surface area contributed by atoms with Crippen molar-refractivity contribution in [2.45, 2.75) is 12.1 Å². The van der Waals surface area contributed by atoms with Crippen LogP contribution in [0.1, 0.15) is 7.12 Å². The van der Waals surface area contributed by atoms with Gasteiger partial charge in [0.05, 0.1) is 6.04 Å². The minimum atomic E-state index is -4.75. The van der Waals surface area contributed by atoms with Crippen molar-refractivity contribution >= 4 is 44.3 Å². The summed E-state index contributed by atoms with van der Waals surface area (Å²) < 4.78 is 31.4. The number of nitrogen functional groups attached to an aromatic ring is 1. The number of oxime groups is 1. The number of rotatable bonds is 6. The molecule has 0 radical (unpaired) electrons. The summed E-state index contributed by atoms with van der Waals surface area (Å²) >= 11 is 1.07. The van der Waals surface area contributed by atoms with Gasteiger partial charge in [0.15, 0.2) is 10.8 Å². The summed E-state index contributed by atoms with van der Waals surface area (Å²) in [6, 6.07) is -2.35. The minimum absolute atomic E-state index is 0. The average molecular weight is 399 g/mol. The van der Waals surface area contributed by atoms with Gasteiger partial charge in [-0.3, -0.25) is 14.1 Å². The third kappa shape index (κ3) is 4.37. The minimum Gasteiger partial charge on any atom is -1.00 e. The molecule has 0 aliphatic carbocycles. The van der Waals surface area contributed by atoms with Gasteiger partial charge < -0.3 is 17.3 Å². The van der Waals surface area contributed by atoms with Gasteiger partial charge in [0.1, 0.15) is 18.8 Å². The molecule has 0 aromatic carbocycles. The largest absolute Gasteiger partial charge is 1.00 e. The molecule has 11 nitrogen and oxygen atoms in total. The Hall–Kier alpha value is -1.51. The summed E-state index contributed by atoms with van der Waals surface area (Å²) in [5.41, 5.74) is 5.38. The van der Waals surface area contributed by atoms with Crippen LogP contribution in [-0.4, -0.2) is 59.0 Å². The van der Waals surface area contributed by atoms with Gasteiger partial charge in [0.25, 0.3) is 11.8 Å².